The van der Waals surface area contributed by atoms with E-state index in [2.05, 4.69) is 59.2 Å². The summed E-state index contributed by atoms with van der Waals surface area (Å²) in [4.78, 5) is 5.23. The van der Waals surface area contributed by atoms with Crippen LogP contribution < -0.4 is 5.32 Å². The Kier molecular flexibility index (Phi) is 5.38. The van der Waals surface area contributed by atoms with Crippen molar-refractivity contribution in [2.45, 2.75) is 26.1 Å². The molecule has 1 N–H and O–H groups in total. The number of likely N-dealkylation sites (N-methyl/N-ethyl adjacent to an activating group) is 1. The van der Waals surface area contributed by atoms with Crippen molar-refractivity contribution in [2.75, 3.05) is 13.6 Å². The summed E-state index contributed by atoms with van der Waals surface area (Å²) in [7, 11) is 2.19. The lowest BCUT2D eigenvalue weighted by molar-refractivity contribution is 0.244. The number of hydrogen-bond donors (Lipinski definition) is 1. The van der Waals surface area contributed by atoms with Crippen molar-refractivity contribution in [2.24, 2.45) is 0 Å². The molecule has 0 spiro atoms. The molecule has 0 bridgehead atoms. The zero-order chi connectivity index (χ0) is 12.8. The molecule has 1 unspecified atom stereocenters. The van der Waals surface area contributed by atoms with Crippen LogP contribution in [0, 0.1) is 0 Å². The van der Waals surface area contributed by atoms with Crippen LogP contribution in [0.4, 0.5) is 0 Å². The fourth-order valence-electron chi connectivity index (χ4n) is 1.78. The molecule has 2 heterocycles. The fraction of sp³-hybridized carbons (Fsp3) is 0.429. The van der Waals surface area contributed by atoms with Crippen LogP contribution in [0.2, 0.25) is 0 Å². The van der Waals surface area contributed by atoms with Crippen LogP contribution in [0.25, 0.3) is 0 Å². The SMILES string of the molecule is CC(CNCc1cccs1)N(C)Cc1cccs1. The number of thiophene rings is 2. The molecule has 4 heteroatoms. The number of nitrogens with zero attached hydrogens (tertiary/aromatic N) is 1. The molecule has 0 saturated heterocycles. The Morgan fingerprint density at radius 1 is 1.17 bits per heavy atom. The lowest BCUT2D eigenvalue weighted by atomic mass is 10.3. The maximum Gasteiger partial charge on any atom is 0.0328 e. The zero-order valence-corrected chi connectivity index (χ0v) is 12.6. The molecule has 98 valence electrons. The highest BCUT2D eigenvalue weighted by atomic mass is 32.1. The predicted octanol–water partition coefficient (Wildman–Crippen LogP) is 3.42. The average molecular weight is 280 g/mol. The van der Waals surface area contributed by atoms with Gasteiger partial charge in [-0.3, -0.25) is 4.90 Å². The zero-order valence-electron chi connectivity index (χ0n) is 10.9. The lowest BCUT2D eigenvalue weighted by Gasteiger charge is -2.24. The Morgan fingerprint density at radius 3 is 2.44 bits per heavy atom. The quantitative estimate of drug-likeness (QED) is 0.836. The van der Waals surface area contributed by atoms with Crippen LogP contribution in [0.5, 0.6) is 0 Å². The van der Waals surface area contributed by atoms with Crippen molar-refractivity contribution in [1.82, 2.24) is 10.2 Å². The molecular formula is C14H20N2S2. The standard InChI is InChI=1S/C14H20N2S2/c1-12(9-15-10-13-5-3-7-17-13)16(2)11-14-6-4-8-18-14/h3-8,12,15H,9-11H2,1-2H3. The highest BCUT2D eigenvalue weighted by molar-refractivity contribution is 7.10. The van der Waals surface area contributed by atoms with E-state index in [1.165, 1.54) is 9.75 Å². The molecule has 0 fully saturated rings. The average Bonchev–Trinajstić information content (AvgIpc) is 3.01. The maximum absolute atomic E-state index is 3.52. The Morgan fingerprint density at radius 2 is 1.83 bits per heavy atom. The number of hydrogen-bond acceptors (Lipinski definition) is 4. The Bertz CT molecular complexity index is 423. The van der Waals surface area contributed by atoms with Crippen molar-refractivity contribution >= 4 is 22.7 Å². The molecule has 0 aliphatic carbocycles. The van der Waals surface area contributed by atoms with Gasteiger partial charge in [-0.15, -0.1) is 22.7 Å². The summed E-state index contributed by atoms with van der Waals surface area (Å²) in [5.41, 5.74) is 0. The smallest absolute Gasteiger partial charge is 0.0328 e. The highest BCUT2D eigenvalue weighted by Gasteiger charge is 2.09. The lowest BCUT2D eigenvalue weighted by Crippen LogP contribution is -2.37. The van der Waals surface area contributed by atoms with Gasteiger partial charge in [0.1, 0.15) is 0 Å². The van der Waals surface area contributed by atoms with Gasteiger partial charge >= 0.3 is 0 Å². The van der Waals surface area contributed by atoms with Crippen molar-refractivity contribution in [3.05, 3.63) is 44.8 Å². The van der Waals surface area contributed by atoms with Crippen LogP contribution in [0.15, 0.2) is 35.0 Å². The van der Waals surface area contributed by atoms with E-state index in [1.807, 2.05) is 22.7 Å². The first kappa shape index (κ1) is 13.7. The molecule has 2 rings (SSSR count). The summed E-state index contributed by atoms with van der Waals surface area (Å²) in [6.07, 6.45) is 0. The van der Waals surface area contributed by atoms with E-state index in [9.17, 15) is 0 Å². The Hall–Kier alpha value is -0.680. The number of rotatable bonds is 7. The minimum Gasteiger partial charge on any atom is -0.310 e. The summed E-state index contributed by atoms with van der Waals surface area (Å²) in [5.74, 6) is 0. The highest BCUT2D eigenvalue weighted by Crippen LogP contribution is 2.12. The third kappa shape index (κ3) is 4.21. The normalized spacial score (nSPS) is 13.1. The Balaban J connectivity index is 1.69. The van der Waals surface area contributed by atoms with E-state index in [4.69, 9.17) is 0 Å². The fourth-order valence-corrected chi connectivity index (χ4v) is 3.22. The van der Waals surface area contributed by atoms with E-state index in [-0.39, 0.29) is 0 Å². The molecule has 2 aromatic heterocycles. The molecule has 0 aliphatic heterocycles. The van der Waals surface area contributed by atoms with Crippen LogP contribution >= 0.6 is 22.7 Å². The molecule has 2 nitrogen and oxygen atoms in total. The number of nitrogens with one attached hydrogen (secondary N) is 1. The predicted molar refractivity (Wildman–Crippen MR) is 81.3 cm³/mol. The van der Waals surface area contributed by atoms with E-state index >= 15 is 0 Å². The van der Waals surface area contributed by atoms with E-state index < -0.39 is 0 Å². The van der Waals surface area contributed by atoms with E-state index in [0.717, 1.165) is 19.6 Å². The molecule has 0 aromatic carbocycles. The van der Waals surface area contributed by atoms with E-state index in [0.29, 0.717) is 6.04 Å². The van der Waals surface area contributed by atoms with Crippen molar-refractivity contribution in [3.63, 3.8) is 0 Å². The van der Waals surface area contributed by atoms with Gasteiger partial charge < -0.3 is 5.32 Å². The molecule has 0 amide bonds. The van der Waals surface area contributed by atoms with Crippen molar-refractivity contribution in [3.8, 4) is 0 Å². The van der Waals surface area contributed by atoms with Gasteiger partial charge in [0, 0.05) is 35.4 Å². The second-order valence-corrected chi connectivity index (χ2v) is 6.62. The molecule has 0 radical (unpaired) electrons. The van der Waals surface area contributed by atoms with Crippen LogP contribution in [-0.4, -0.2) is 24.5 Å². The van der Waals surface area contributed by atoms with E-state index in [1.54, 1.807) is 0 Å². The minimum atomic E-state index is 0.548. The van der Waals surface area contributed by atoms with Gasteiger partial charge in [-0.25, -0.2) is 0 Å². The first-order chi connectivity index (χ1) is 8.75. The first-order valence-electron chi connectivity index (χ1n) is 6.21. The summed E-state index contributed by atoms with van der Waals surface area (Å²) < 4.78 is 0. The van der Waals surface area contributed by atoms with Crippen LogP contribution in [0.1, 0.15) is 16.7 Å². The molecular weight excluding hydrogens is 260 g/mol. The summed E-state index contributed by atoms with van der Waals surface area (Å²) in [6.45, 7) is 5.32. The van der Waals surface area contributed by atoms with Gasteiger partial charge in [0.15, 0.2) is 0 Å². The molecule has 1 atom stereocenters. The molecule has 2 aromatic rings. The molecule has 0 saturated carbocycles. The topological polar surface area (TPSA) is 15.3 Å². The third-order valence-corrected chi connectivity index (χ3v) is 4.79. The largest absolute Gasteiger partial charge is 0.310 e. The summed E-state index contributed by atoms with van der Waals surface area (Å²) in [5, 5.41) is 7.79. The maximum atomic E-state index is 3.52. The summed E-state index contributed by atoms with van der Waals surface area (Å²) >= 11 is 3.64. The second kappa shape index (κ2) is 7.04. The van der Waals surface area contributed by atoms with Gasteiger partial charge in [-0.1, -0.05) is 12.1 Å². The van der Waals surface area contributed by atoms with Gasteiger partial charge in [0.2, 0.25) is 0 Å². The van der Waals surface area contributed by atoms with Gasteiger partial charge in [-0.2, -0.15) is 0 Å². The van der Waals surface area contributed by atoms with Gasteiger partial charge in [-0.05, 0) is 36.9 Å². The van der Waals surface area contributed by atoms with Gasteiger partial charge in [0.05, 0.1) is 0 Å². The van der Waals surface area contributed by atoms with Gasteiger partial charge in [0.25, 0.3) is 0 Å². The Labute approximate surface area is 117 Å². The summed E-state index contributed by atoms with van der Waals surface area (Å²) in [6, 6.07) is 9.15. The first-order valence-corrected chi connectivity index (χ1v) is 7.97. The van der Waals surface area contributed by atoms with Crippen LogP contribution in [0.3, 0.4) is 0 Å². The third-order valence-electron chi connectivity index (χ3n) is 3.06. The van der Waals surface area contributed by atoms with Crippen molar-refractivity contribution in [1.29, 1.82) is 0 Å². The molecule has 18 heavy (non-hydrogen) atoms. The second-order valence-electron chi connectivity index (χ2n) is 4.55. The molecule has 0 aliphatic rings. The van der Waals surface area contributed by atoms with Crippen LogP contribution in [-0.2, 0) is 13.1 Å². The van der Waals surface area contributed by atoms with Crippen molar-refractivity contribution < 1.29 is 0 Å². The monoisotopic (exact) mass is 280 g/mol. The minimum absolute atomic E-state index is 0.548.